The van der Waals surface area contributed by atoms with Gasteiger partial charge in [0.05, 0.1) is 6.61 Å². The Balaban J connectivity index is 2.17. The summed E-state index contributed by atoms with van der Waals surface area (Å²) in [5.41, 5.74) is 0.616. The Morgan fingerprint density at radius 1 is 1.50 bits per heavy atom. The summed E-state index contributed by atoms with van der Waals surface area (Å²) in [6, 6.07) is 4.67. The second-order valence-electron chi connectivity index (χ2n) is 5.12. The number of hydrogen-bond donors (Lipinski definition) is 1. The highest BCUT2D eigenvalue weighted by Crippen LogP contribution is 2.30. The molecule has 1 saturated heterocycles. The smallest absolute Gasteiger partial charge is 0.387 e. The minimum absolute atomic E-state index is 0.0494. The Morgan fingerprint density at radius 2 is 2.25 bits per heavy atom. The first-order valence-corrected chi connectivity index (χ1v) is 6.97. The average Bonchev–Trinajstić information content (AvgIpc) is 2.73. The van der Waals surface area contributed by atoms with Gasteiger partial charge in [0.1, 0.15) is 5.75 Å². The Morgan fingerprint density at radius 3 is 2.90 bits per heavy atom. The molecule has 1 fully saturated rings. The van der Waals surface area contributed by atoms with Gasteiger partial charge in [-0.15, -0.1) is 0 Å². The molecule has 0 saturated carbocycles. The second kappa shape index (κ2) is 6.70. The van der Waals surface area contributed by atoms with Gasteiger partial charge >= 0.3 is 6.61 Å². The maximum absolute atomic E-state index is 12.4. The first kappa shape index (κ1) is 15.5. The summed E-state index contributed by atoms with van der Waals surface area (Å²) in [5, 5.41) is 9.92. The Bertz CT molecular complexity index is 459. The summed E-state index contributed by atoms with van der Waals surface area (Å²) < 4.78 is 29.3. The van der Waals surface area contributed by atoms with Crippen LogP contribution in [-0.2, 0) is 6.54 Å². The van der Waals surface area contributed by atoms with E-state index in [0.717, 1.165) is 13.0 Å². The molecule has 112 valence electrons. The first-order chi connectivity index (χ1) is 9.51. The lowest BCUT2D eigenvalue weighted by Crippen LogP contribution is -2.34. The van der Waals surface area contributed by atoms with Gasteiger partial charge in [-0.05, 0) is 37.1 Å². The number of likely N-dealkylation sites (tertiary alicyclic amines) is 1. The van der Waals surface area contributed by atoms with E-state index in [0.29, 0.717) is 23.0 Å². The fraction of sp³-hybridized carbons (Fsp3) is 0.571. The molecule has 0 spiro atoms. The molecule has 6 heteroatoms. The minimum Gasteiger partial charge on any atom is -0.434 e. The maximum atomic E-state index is 12.4. The molecule has 1 aromatic rings. The fourth-order valence-corrected chi connectivity index (χ4v) is 2.88. The predicted molar refractivity (Wildman–Crippen MR) is 73.1 cm³/mol. The summed E-state index contributed by atoms with van der Waals surface area (Å²) >= 11 is 5.93. The molecular weight excluding hydrogens is 288 g/mol. The molecule has 0 amide bonds. The summed E-state index contributed by atoms with van der Waals surface area (Å²) in [6.07, 6.45) is 0.983. The van der Waals surface area contributed by atoms with Gasteiger partial charge in [0.15, 0.2) is 0 Å². The maximum Gasteiger partial charge on any atom is 0.387 e. The van der Waals surface area contributed by atoms with Gasteiger partial charge in [-0.3, -0.25) is 4.90 Å². The molecule has 2 unspecified atom stereocenters. The van der Waals surface area contributed by atoms with Gasteiger partial charge < -0.3 is 9.84 Å². The van der Waals surface area contributed by atoms with Crippen molar-refractivity contribution in [1.82, 2.24) is 4.90 Å². The van der Waals surface area contributed by atoms with E-state index in [1.165, 1.54) is 12.1 Å². The quantitative estimate of drug-likeness (QED) is 0.907. The standard InChI is InChI=1S/C14H18ClF2NO2/c1-9-4-5-18(12(9)8-19)7-10-6-11(15)2-3-13(10)20-14(16)17/h2-3,6,9,12,14,19H,4-5,7-8H2,1H3. The van der Waals surface area contributed by atoms with Crippen molar-refractivity contribution < 1.29 is 18.6 Å². The Kier molecular flexibility index (Phi) is 5.18. The lowest BCUT2D eigenvalue weighted by atomic mass is 10.0. The highest BCUT2D eigenvalue weighted by atomic mass is 35.5. The highest BCUT2D eigenvalue weighted by molar-refractivity contribution is 6.30. The van der Waals surface area contributed by atoms with Crippen molar-refractivity contribution in [2.45, 2.75) is 32.5 Å². The zero-order valence-electron chi connectivity index (χ0n) is 11.2. The number of aliphatic hydroxyl groups is 1. The molecule has 1 aromatic carbocycles. The van der Waals surface area contributed by atoms with Crippen LogP contribution in [-0.4, -0.2) is 35.8 Å². The van der Waals surface area contributed by atoms with Gasteiger partial charge in [0.2, 0.25) is 0 Å². The fourth-order valence-electron chi connectivity index (χ4n) is 2.68. The SMILES string of the molecule is CC1CCN(Cc2cc(Cl)ccc2OC(F)F)C1CO. The minimum atomic E-state index is -2.86. The zero-order chi connectivity index (χ0) is 14.7. The van der Waals surface area contributed by atoms with Gasteiger partial charge in [0, 0.05) is 23.2 Å². The molecule has 1 aliphatic rings. The van der Waals surface area contributed by atoms with E-state index in [-0.39, 0.29) is 18.4 Å². The lowest BCUT2D eigenvalue weighted by Gasteiger charge is -2.26. The van der Waals surface area contributed by atoms with E-state index in [4.69, 9.17) is 11.6 Å². The van der Waals surface area contributed by atoms with E-state index in [2.05, 4.69) is 16.6 Å². The number of nitrogens with zero attached hydrogens (tertiary/aromatic N) is 1. The molecule has 1 aliphatic heterocycles. The third-order valence-electron chi connectivity index (χ3n) is 3.80. The van der Waals surface area contributed by atoms with Crippen LogP contribution in [0.1, 0.15) is 18.9 Å². The van der Waals surface area contributed by atoms with Crippen molar-refractivity contribution in [3.05, 3.63) is 28.8 Å². The van der Waals surface area contributed by atoms with E-state index in [1.807, 2.05) is 0 Å². The largest absolute Gasteiger partial charge is 0.434 e. The van der Waals surface area contributed by atoms with E-state index in [9.17, 15) is 13.9 Å². The van der Waals surface area contributed by atoms with Gasteiger partial charge in [-0.1, -0.05) is 18.5 Å². The van der Waals surface area contributed by atoms with E-state index in [1.54, 1.807) is 6.07 Å². The number of rotatable bonds is 5. The van der Waals surface area contributed by atoms with Crippen LogP contribution in [0.15, 0.2) is 18.2 Å². The molecule has 1 N–H and O–H groups in total. The summed E-state index contributed by atoms with van der Waals surface area (Å²) in [4.78, 5) is 2.08. The van der Waals surface area contributed by atoms with Crippen LogP contribution in [0, 0.1) is 5.92 Å². The Labute approximate surface area is 122 Å². The van der Waals surface area contributed by atoms with E-state index < -0.39 is 6.61 Å². The highest BCUT2D eigenvalue weighted by Gasteiger charge is 2.31. The van der Waals surface area contributed by atoms with Crippen molar-refractivity contribution in [1.29, 1.82) is 0 Å². The molecular formula is C14H18ClF2NO2. The van der Waals surface area contributed by atoms with Crippen molar-refractivity contribution >= 4 is 11.6 Å². The molecule has 3 nitrogen and oxygen atoms in total. The number of alkyl halides is 2. The predicted octanol–water partition coefficient (Wildman–Crippen LogP) is 3.14. The van der Waals surface area contributed by atoms with Gasteiger partial charge in [0.25, 0.3) is 0 Å². The van der Waals surface area contributed by atoms with Crippen LogP contribution in [0.5, 0.6) is 5.75 Å². The monoisotopic (exact) mass is 305 g/mol. The topological polar surface area (TPSA) is 32.7 Å². The lowest BCUT2D eigenvalue weighted by molar-refractivity contribution is -0.0508. The van der Waals surface area contributed by atoms with Crippen LogP contribution in [0.4, 0.5) is 8.78 Å². The molecule has 0 bridgehead atoms. The third-order valence-corrected chi connectivity index (χ3v) is 4.03. The average molecular weight is 306 g/mol. The molecule has 20 heavy (non-hydrogen) atoms. The first-order valence-electron chi connectivity index (χ1n) is 6.59. The Hall–Kier alpha value is -0.910. The third kappa shape index (κ3) is 3.59. The molecule has 0 aliphatic carbocycles. The molecule has 2 rings (SSSR count). The second-order valence-corrected chi connectivity index (χ2v) is 5.55. The van der Waals surface area contributed by atoms with Crippen LogP contribution < -0.4 is 4.74 Å². The van der Waals surface area contributed by atoms with Crippen LogP contribution in [0.3, 0.4) is 0 Å². The number of halogens is 3. The van der Waals surface area contributed by atoms with E-state index >= 15 is 0 Å². The van der Waals surface area contributed by atoms with Crippen molar-refractivity contribution in [3.8, 4) is 5.75 Å². The van der Waals surface area contributed by atoms with Crippen molar-refractivity contribution in [2.24, 2.45) is 5.92 Å². The van der Waals surface area contributed by atoms with Gasteiger partial charge in [-0.2, -0.15) is 8.78 Å². The van der Waals surface area contributed by atoms with Crippen LogP contribution >= 0.6 is 11.6 Å². The molecule has 0 aromatic heterocycles. The molecule has 0 radical (unpaired) electrons. The number of ether oxygens (including phenoxy) is 1. The van der Waals surface area contributed by atoms with Crippen LogP contribution in [0.25, 0.3) is 0 Å². The van der Waals surface area contributed by atoms with Crippen LogP contribution in [0.2, 0.25) is 5.02 Å². The van der Waals surface area contributed by atoms with Gasteiger partial charge in [-0.25, -0.2) is 0 Å². The summed E-state index contributed by atoms with van der Waals surface area (Å²) in [7, 11) is 0. The van der Waals surface area contributed by atoms with Crippen molar-refractivity contribution in [3.63, 3.8) is 0 Å². The number of aliphatic hydroxyl groups excluding tert-OH is 1. The van der Waals surface area contributed by atoms with Crippen molar-refractivity contribution in [2.75, 3.05) is 13.2 Å². The molecule has 1 heterocycles. The summed E-state index contributed by atoms with van der Waals surface area (Å²) in [5.74, 6) is 0.527. The summed E-state index contributed by atoms with van der Waals surface area (Å²) in [6.45, 7) is 0.550. The molecule has 2 atom stereocenters. The zero-order valence-corrected chi connectivity index (χ0v) is 12.0. The number of hydrogen-bond acceptors (Lipinski definition) is 3. The number of benzene rings is 1. The normalized spacial score (nSPS) is 23.5.